The molecule has 2 aromatic heterocycles. The van der Waals surface area contributed by atoms with Crippen LogP contribution in [0.25, 0.3) is 22.4 Å². The van der Waals surface area contributed by atoms with Gasteiger partial charge in [0.2, 0.25) is 0 Å². The molecule has 4 atom stereocenters. The summed E-state index contributed by atoms with van der Waals surface area (Å²) in [5.74, 6) is 0. The predicted molar refractivity (Wildman–Crippen MR) is 97.9 cm³/mol. The van der Waals surface area contributed by atoms with Crippen molar-refractivity contribution in [1.82, 2.24) is 19.5 Å². The third kappa shape index (κ3) is 3.01. The van der Waals surface area contributed by atoms with E-state index in [9.17, 15) is 24.9 Å². The van der Waals surface area contributed by atoms with Crippen LogP contribution in [0.4, 0.5) is 0 Å². The van der Waals surface area contributed by atoms with Crippen molar-refractivity contribution in [2.75, 3.05) is 6.61 Å². The number of halogens is 1. The number of fused-ring (bicyclic) bond motifs is 1. The zero-order valence-electron chi connectivity index (χ0n) is 14.2. The largest absolute Gasteiger partial charge is 0.394 e. The number of nitrogens with zero attached hydrogens (tertiary/aromatic N) is 3. The fraction of sp³-hybridized carbons (Fsp3) is 0.294. The fourth-order valence-corrected chi connectivity index (χ4v) is 3.24. The molecule has 4 rings (SSSR count). The Morgan fingerprint density at radius 1 is 1.18 bits per heavy atom. The fourth-order valence-electron chi connectivity index (χ4n) is 3.11. The summed E-state index contributed by atoms with van der Waals surface area (Å²) >= 11 is 5.89. The monoisotopic (exact) mass is 406 g/mol. The minimum absolute atomic E-state index is 0.129. The molecule has 3 heterocycles. The number of hydrogen-bond donors (Lipinski definition) is 4. The number of hydrogen-bond acceptors (Lipinski definition) is 8. The van der Waals surface area contributed by atoms with Crippen molar-refractivity contribution in [1.29, 1.82) is 0 Å². The van der Waals surface area contributed by atoms with Crippen LogP contribution in [0.15, 0.2) is 40.1 Å². The van der Waals surface area contributed by atoms with Gasteiger partial charge in [-0.1, -0.05) is 23.7 Å². The summed E-state index contributed by atoms with van der Waals surface area (Å²) < 4.78 is 6.33. The van der Waals surface area contributed by atoms with E-state index in [1.807, 2.05) is 0 Å². The van der Waals surface area contributed by atoms with Gasteiger partial charge in [0.15, 0.2) is 17.4 Å². The molecule has 1 aliphatic rings. The Morgan fingerprint density at radius 2 is 1.89 bits per heavy atom. The lowest BCUT2D eigenvalue weighted by Crippen LogP contribution is -2.39. The van der Waals surface area contributed by atoms with Gasteiger partial charge in [0.1, 0.15) is 18.3 Å². The Kier molecular flexibility index (Phi) is 4.73. The molecule has 28 heavy (non-hydrogen) atoms. The second kappa shape index (κ2) is 7.08. The van der Waals surface area contributed by atoms with Gasteiger partial charge in [-0.25, -0.2) is 19.3 Å². The van der Waals surface area contributed by atoms with Crippen LogP contribution in [0.1, 0.15) is 6.23 Å². The molecule has 0 saturated carbocycles. The van der Waals surface area contributed by atoms with Crippen molar-refractivity contribution in [3.8, 4) is 11.3 Å². The molecule has 146 valence electrons. The van der Waals surface area contributed by atoms with Crippen molar-refractivity contribution < 1.29 is 20.1 Å². The Hall–Kier alpha value is -2.63. The Bertz CT molecular complexity index is 1150. The second-order valence-electron chi connectivity index (χ2n) is 6.29. The third-order valence-corrected chi connectivity index (χ3v) is 4.80. The summed E-state index contributed by atoms with van der Waals surface area (Å²) in [4.78, 5) is 35.1. The summed E-state index contributed by atoms with van der Waals surface area (Å²) in [6.45, 7) is -0.563. The molecule has 11 heteroatoms. The van der Waals surface area contributed by atoms with Gasteiger partial charge in [0.25, 0.3) is 5.56 Å². The van der Waals surface area contributed by atoms with E-state index in [0.29, 0.717) is 16.3 Å². The molecule has 1 aromatic carbocycles. The average molecular weight is 407 g/mol. The normalized spacial score (nSPS) is 24.7. The highest BCUT2D eigenvalue weighted by molar-refractivity contribution is 6.30. The number of aromatic nitrogens is 4. The van der Waals surface area contributed by atoms with E-state index in [1.54, 1.807) is 24.3 Å². The first-order valence-electron chi connectivity index (χ1n) is 8.30. The summed E-state index contributed by atoms with van der Waals surface area (Å²) in [7, 11) is 0. The SMILES string of the molecule is O=c1[nH]c(=O)n(C2OC(CO)C(O)C2O)c2nc(-c3ccc(Cl)cc3)cnc12. The van der Waals surface area contributed by atoms with Crippen LogP contribution in [-0.4, -0.2) is 59.8 Å². The molecule has 4 N–H and O–H groups in total. The van der Waals surface area contributed by atoms with Crippen molar-refractivity contribution in [3.05, 3.63) is 56.3 Å². The molecular weight excluding hydrogens is 392 g/mol. The van der Waals surface area contributed by atoms with E-state index in [-0.39, 0.29) is 11.2 Å². The smallest absolute Gasteiger partial charge is 0.332 e. The standard InChI is InChI=1S/C17H15ClN4O6/c18-8-3-1-7(2-4-8)9-5-19-11-14(20-9)22(17(27)21-15(11)26)16-13(25)12(24)10(6-23)28-16/h1-5,10,12-13,16,23-25H,6H2,(H,21,26,27). The molecule has 1 saturated heterocycles. The number of H-pyrrole nitrogens is 1. The summed E-state index contributed by atoms with van der Waals surface area (Å²) in [5.41, 5.74) is -0.923. The molecular formula is C17H15ClN4O6. The topological polar surface area (TPSA) is 151 Å². The number of aliphatic hydroxyl groups excluding tert-OH is 3. The van der Waals surface area contributed by atoms with Gasteiger partial charge in [0.05, 0.1) is 18.5 Å². The van der Waals surface area contributed by atoms with E-state index >= 15 is 0 Å². The number of aromatic amines is 1. The predicted octanol–water partition coefficient (Wildman–Crippen LogP) is -0.588. The number of rotatable bonds is 3. The molecule has 0 spiro atoms. The van der Waals surface area contributed by atoms with Crippen molar-refractivity contribution in [3.63, 3.8) is 0 Å². The zero-order valence-corrected chi connectivity index (χ0v) is 14.9. The van der Waals surface area contributed by atoms with Crippen LogP contribution in [0, 0.1) is 0 Å². The minimum Gasteiger partial charge on any atom is -0.394 e. The summed E-state index contributed by atoms with van der Waals surface area (Å²) in [5, 5.41) is 30.1. The van der Waals surface area contributed by atoms with Crippen LogP contribution in [0.3, 0.4) is 0 Å². The Labute approximate surface area is 161 Å². The minimum atomic E-state index is -1.52. The van der Waals surface area contributed by atoms with Crippen molar-refractivity contribution in [2.45, 2.75) is 24.5 Å². The van der Waals surface area contributed by atoms with Crippen LogP contribution in [-0.2, 0) is 4.74 Å². The molecule has 0 aliphatic carbocycles. The molecule has 0 amide bonds. The molecule has 1 fully saturated rings. The lowest BCUT2D eigenvalue weighted by molar-refractivity contribution is -0.0530. The maximum absolute atomic E-state index is 12.5. The van der Waals surface area contributed by atoms with Gasteiger partial charge >= 0.3 is 5.69 Å². The molecule has 0 radical (unpaired) electrons. The maximum Gasteiger partial charge on any atom is 0.332 e. The first-order valence-corrected chi connectivity index (χ1v) is 8.68. The van der Waals surface area contributed by atoms with E-state index in [1.165, 1.54) is 6.20 Å². The number of nitrogens with one attached hydrogen (secondary N) is 1. The van der Waals surface area contributed by atoms with Gasteiger partial charge < -0.3 is 20.1 Å². The summed E-state index contributed by atoms with van der Waals surface area (Å²) in [6, 6.07) is 6.69. The van der Waals surface area contributed by atoms with Gasteiger partial charge in [0, 0.05) is 10.6 Å². The van der Waals surface area contributed by atoms with E-state index in [2.05, 4.69) is 15.0 Å². The van der Waals surface area contributed by atoms with Crippen LogP contribution < -0.4 is 11.2 Å². The zero-order chi connectivity index (χ0) is 20.0. The van der Waals surface area contributed by atoms with Gasteiger partial charge in [-0.3, -0.25) is 9.78 Å². The molecule has 0 bridgehead atoms. The average Bonchev–Trinajstić information content (AvgIpc) is 2.96. The number of benzene rings is 1. The lowest BCUT2D eigenvalue weighted by Gasteiger charge is -2.18. The Balaban J connectivity index is 1.93. The van der Waals surface area contributed by atoms with Gasteiger partial charge in [-0.2, -0.15) is 0 Å². The first-order chi connectivity index (χ1) is 13.4. The van der Waals surface area contributed by atoms with E-state index < -0.39 is 42.4 Å². The first kappa shape index (κ1) is 18.7. The van der Waals surface area contributed by atoms with Gasteiger partial charge in [-0.05, 0) is 12.1 Å². The Morgan fingerprint density at radius 3 is 2.54 bits per heavy atom. The summed E-state index contributed by atoms with van der Waals surface area (Å²) in [6.07, 6.45) is -4.04. The number of ether oxygens (including phenoxy) is 1. The van der Waals surface area contributed by atoms with Crippen molar-refractivity contribution in [2.24, 2.45) is 0 Å². The van der Waals surface area contributed by atoms with E-state index in [4.69, 9.17) is 16.3 Å². The van der Waals surface area contributed by atoms with Crippen molar-refractivity contribution >= 4 is 22.8 Å². The highest BCUT2D eigenvalue weighted by atomic mass is 35.5. The second-order valence-corrected chi connectivity index (χ2v) is 6.73. The quantitative estimate of drug-likeness (QED) is 0.450. The number of aliphatic hydroxyl groups is 3. The molecule has 10 nitrogen and oxygen atoms in total. The third-order valence-electron chi connectivity index (χ3n) is 4.55. The molecule has 4 unspecified atom stereocenters. The highest BCUT2D eigenvalue weighted by Gasteiger charge is 2.44. The molecule has 3 aromatic rings. The van der Waals surface area contributed by atoms with E-state index in [0.717, 1.165) is 4.57 Å². The lowest BCUT2D eigenvalue weighted by atomic mass is 10.1. The van der Waals surface area contributed by atoms with Crippen LogP contribution in [0.2, 0.25) is 5.02 Å². The molecule has 1 aliphatic heterocycles. The van der Waals surface area contributed by atoms with Crippen LogP contribution in [0.5, 0.6) is 0 Å². The highest BCUT2D eigenvalue weighted by Crippen LogP contribution is 2.30. The van der Waals surface area contributed by atoms with Crippen LogP contribution >= 0.6 is 11.6 Å². The van der Waals surface area contributed by atoms with Gasteiger partial charge in [-0.15, -0.1) is 0 Å². The maximum atomic E-state index is 12.5.